The fourth-order valence-corrected chi connectivity index (χ4v) is 3.85. The van der Waals surface area contributed by atoms with Crippen LogP contribution in [0, 0.1) is 0 Å². The van der Waals surface area contributed by atoms with Gasteiger partial charge in [0.05, 0.1) is 14.2 Å². The van der Waals surface area contributed by atoms with Crippen LogP contribution in [0.3, 0.4) is 0 Å². The summed E-state index contributed by atoms with van der Waals surface area (Å²) in [5, 5.41) is 13.0. The van der Waals surface area contributed by atoms with Gasteiger partial charge in [0.25, 0.3) is 0 Å². The molecule has 190 valence electrons. The third-order valence-corrected chi connectivity index (χ3v) is 5.70. The SMILES string of the molecule is CCCC(C)Nc1nc(N(Cc2ccc(OC)cc2)Cc2ccc(OC)cc2)nc(C=O)c1C(=O)O. The van der Waals surface area contributed by atoms with Crippen LogP contribution >= 0.6 is 0 Å². The van der Waals surface area contributed by atoms with E-state index in [1.807, 2.05) is 67.3 Å². The van der Waals surface area contributed by atoms with Crippen LogP contribution in [-0.4, -0.2) is 47.6 Å². The maximum absolute atomic E-state index is 12.0. The zero-order chi connectivity index (χ0) is 26.1. The molecule has 0 aliphatic heterocycles. The van der Waals surface area contributed by atoms with Crippen molar-refractivity contribution in [2.24, 2.45) is 0 Å². The number of aromatic carboxylic acids is 1. The predicted molar refractivity (Wildman–Crippen MR) is 138 cm³/mol. The van der Waals surface area contributed by atoms with E-state index in [1.165, 1.54) is 0 Å². The lowest BCUT2D eigenvalue weighted by Crippen LogP contribution is -2.27. The number of anilines is 2. The first-order chi connectivity index (χ1) is 17.4. The van der Waals surface area contributed by atoms with Gasteiger partial charge in [-0.1, -0.05) is 37.6 Å². The minimum Gasteiger partial charge on any atom is -0.497 e. The molecule has 36 heavy (non-hydrogen) atoms. The number of hydrogen-bond acceptors (Lipinski definition) is 8. The molecule has 1 heterocycles. The topological polar surface area (TPSA) is 114 Å². The number of hydrogen-bond donors (Lipinski definition) is 2. The molecule has 0 spiro atoms. The summed E-state index contributed by atoms with van der Waals surface area (Å²) in [6.45, 7) is 4.84. The second-order valence-corrected chi connectivity index (χ2v) is 8.44. The number of aromatic nitrogens is 2. The van der Waals surface area contributed by atoms with E-state index in [0.717, 1.165) is 35.5 Å². The van der Waals surface area contributed by atoms with Crippen molar-refractivity contribution in [2.45, 2.75) is 45.8 Å². The summed E-state index contributed by atoms with van der Waals surface area (Å²) < 4.78 is 10.5. The Balaban J connectivity index is 2.06. The molecule has 1 aromatic heterocycles. The van der Waals surface area contributed by atoms with Gasteiger partial charge in [-0.05, 0) is 48.7 Å². The van der Waals surface area contributed by atoms with Crippen LogP contribution in [0.15, 0.2) is 48.5 Å². The summed E-state index contributed by atoms with van der Waals surface area (Å²) in [5.74, 6) is 0.598. The summed E-state index contributed by atoms with van der Waals surface area (Å²) in [7, 11) is 3.22. The number of carbonyl (C=O) groups excluding carboxylic acids is 1. The Hall–Kier alpha value is -4.14. The molecule has 2 aromatic carbocycles. The molecule has 1 unspecified atom stereocenters. The molecule has 0 bridgehead atoms. The molecular weight excluding hydrogens is 460 g/mol. The average molecular weight is 493 g/mol. The molecule has 0 saturated heterocycles. The van der Waals surface area contributed by atoms with E-state index < -0.39 is 5.97 Å². The first-order valence-electron chi connectivity index (χ1n) is 11.8. The lowest BCUT2D eigenvalue weighted by atomic mass is 10.1. The van der Waals surface area contributed by atoms with Gasteiger partial charge in [0, 0.05) is 19.1 Å². The Labute approximate surface area is 211 Å². The van der Waals surface area contributed by atoms with Crippen LogP contribution in [0.5, 0.6) is 11.5 Å². The molecule has 3 aromatic rings. The number of carbonyl (C=O) groups is 2. The number of nitrogens with zero attached hydrogens (tertiary/aromatic N) is 3. The molecule has 9 nitrogen and oxygen atoms in total. The quantitative estimate of drug-likeness (QED) is 0.324. The van der Waals surface area contributed by atoms with Crippen molar-refractivity contribution in [1.82, 2.24) is 9.97 Å². The highest BCUT2D eigenvalue weighted by Gasteiger charge is 2.24. The minimum atomic E-state index is -1.26. The summed E-state index contributed by atoms with van der Waals surface area (Å²) >= 11 is 0. The summed E-state index contributed by atoms with van der Waals surface area (Å²) in [5.41, 5.74) is 1.53. The Morgan fingerprint density at radius 1 is 1.00 bits per heavy atom. The van der Waals surface area contributed by atoms with Crippen molar-refractivity contribution in [3.63, 3.8) is 0 Å². The minimum absolute atomic E-state index is 0.0352. The molecule has 0 saturated carbocycles. The van der Waals surface area contributed by atoms with E-state index in [-0.39, 0.29) is 29.1 Å². The number of carboxylic acids is 1. The summed E-state index contributed by atoms with van der Waals surface area (Å²) in [4.78, 5) is 34.8. The maximum Gasteiger partial charge on any atom is 0.341 e. The van der Waals surface area contributed by atoms with Crippen molar-refractivity contribution < 1.29 is 24.2 Å². The molecular formula is C27H32N4O5. The smallest absolute Gasteiger partial charge is 0.341 e. The number of rotatable bonds is 13. The third kappa shape index (κ3) is 6.71. The van der Waals surface area contributed by atoms with Crippen molar-refractivity contribution in [1.29, 1.82) is 0 Å². The first kappa shape index (κ1) is 26.5. The van der Waals surface area contributed by atoms with Gasteiger partial charge in [-0.15, -0.1) is 0 Å². The molecule has 0 aliphatic rings. The molecule has 0 aliphatic carbocycles. The second kappa shape index (κ2) is 12.5. The molecule has 0 radical (unpaired) electrons. The standard InChI is InChI=1S/C27H32N4O5/c1-5-6-18(2)28-25-24(26(33)34)23(17-32)29-27(30-25)31(15-19-7-11-21(35-3)12-8-19)16-20-9-13-22(36-4)14-10-20/h7-14,17-18H,5-6,15-16H2,1-4H3,(H,33,34)(H,28,29,30). The van der Waals surface area contributed by atoms with Crippen molar-refractivity contribution in [3.05, 3.63) is 70.9 Å². The molecule has 2 N–H and O–H groups in total. The largest absolute Gasteiger partial charge is 0.497 e. The van der Waals surface area contributed by atoms with Gasteiger partial charge in [-0.3, -0.25) is 4.79 Å². The Kier molecular flexibility index (Phi) is 9.21. The van der Waals surface area contributed by atoms with Crippen LogP contribution in [-0.2, 0) is 13.1 Å². The van der Waals surface area contributed by atoms with E-state index in [4.69, 9.17) is 9.47 Å². The number of carboxylic acid groups (broad SMARTS) is 1. The van der Waals surface area contributed by atoms with E-state index in [1.54, 1.807) is 14.2 Å². The first-order valence-corrected chi connectivity index (χ1v) is 11.8. The van der Waals surface area contributed by atoms with Crippen LogP contribution in [0.1, 0.15) is 58.7 Å². The van der Waals surface area contributed by atoms with Gasteiger partial charge in [0.1, 0.15) is 28.6 Å². The van der Waals surface area contributed by atoms with E-state index in [2.05, 4.69) is 15.3 Å². The molecule has 1 atom stereocenters. The van der Waals surface area contributed by atoms with Crippen LogP contribution in [0.2, 0.25) is 0 Å². The fourth-order valence-electron chi connectivity index (χ4n) is 3.85. The second-order valence-electron chi connectivity index (χ2n) is 8.44. The zero-order valence-corrected chi connectivity index (χ0v) is 21.0. The number of benzene rings is 2. The normalized spacial score (nSPS) is 11.4. The van der Waals surface area contributed by atoms with Gasteiger partial charge in [-0.25, -0.2) is 9.78 Å². The van der Waals surface area contributed by atoms with Crippen molar-refractivity contribution in [2.75, 3.05) is 24.4 Å². The Bertz CT molecular complexity index is 1120. The van der Waals surface area contributed by atoms with E-state index >= 15 is 0 Å². The van der Waals surface area contributed by atoms with Crippen LogP contribution in [0.25, 0.3) is 0 Å². The Morgan fingerprint density at radius 3 is 1.94 bits per heavy atom. The summed E-state index contributed by atoms with van der Waals surface area (Å²) in [6, 6.07) is 15.2. The van der Waals surface area contributed by atoms with E-state index in [0.29, 0.717) is 19.4 Å². The number of aldehydes is 1. The van der Waals surface area contributed by atoms with Gasteiger partial charge >= 0.3 is 5.97 Å². The highest BCUT2D eigenvalue weighted by Crippen LogP contribution is 2.25. The number of methoxy groups -OCH3 is 2. The van der Waals surface area contributed by atoms with E-state index in [9.17, 15) is 14.7 Å². The molecule has 9 heteroatoms. The maximum atomic E-state index is 12.0. The lowest BCUT2D eigenvalue weighted by Gasteiger charge is -2.25. The number of nitrogens with one attached hydrogen (secondary N) is 1. The van der Waals surface area contributed by atoms with Gasteiger partial charge < -0.3 is 24.8 Å². The molecule has 0 fully saturated rings. The number of ether oxygens (including phenoxy) is 2. The highest BCUT2D eigenvalue weighted by atomic mass is 16.5. The van der Waals surface area contributed by atoms with Gasteiger partial charge in [-0.2, -0.15) is 4.98 Å². The average Bonchev–Trinajstić information content (AvgIpc) is 2.88. The fraction of sp³-hybridized carbons (Fsp3) is 0.333. The van der Waals surface area contributed by atoms with Crippen molar-refractivity contribution >= 4 is 24.0 Å². The highest BCUT2D eigenvalue weighted by molar-refractivity contribution is 6.00. The molecule has 3 rings (SSSR count). The zero-order valence-electron chi connectivity index (χ0n) is 21.0. The van der Waals surface area contributed by atoms with Crippen LogP contribution in [0.4, 0.5) is 11.8 Å². The Morgan fingerprint density at radius 2 is 1.53 bits per heavy atom. The predicted octanol–water partition coefficient (Wildman–Crippen LogP) is 4.81. The monoisotopic (exact) mass is 492 g/mol. The van der Waals surface area contributed by atoms with Gasteiger partial charge in [0.15, 0.2) is 6.29 Å². The lowest BCUT2D eigenvalue weighted by molar-refractivity contribution is 0.0694. The van der Waals surface area contributed by atoms with Crippen molar-refractivity contribution in [3.8, 4) is 11.5 Å². The summed E-state index contributed by atoms with van der Waals surface area (Å²) in [6.07, 6.45) is 2.19. The van der Waals surface area contributed by atoms with Gasteiger partial charge in [0.2, 0.25) is 5.95 Å². The van der Waals surface area contributed by atoms with Crippen LogP contribution < -0.4 is 19.7 Å². The molecule has 0 amide bonds. The third-order valence-electron chi connectivity index (χ3n) is 5.70.